The molecule has 0 amide bonds. The van der Waals surface area contributed by atoms with Gasteiger partial charge in [0, 0.05) is 11.6 Å². The number of rotatable bonds is 2. The summed E-state index contributed by atoms with van der Waals surface area (Å²) in [6, 6.07) is 9.83. The van der Waals surface area contributed by atoms with Gasteiger partial charge in [0.1, 0.15) is 0 Å². The van der Waals surface area contributed by atoms with E-state index in [0.29, 0.717) is 18.0 Å². The monoisotopic (exact) mass is 201 g/mol. The highest BCUT2D eigenvalue weighted by atomic mass is 16.5. The van der Waals surface area contributed by atoms with E-state index in [4.69, 9.17) is 4.74 Å². The molecular weight excluding hydrogens is 190 g/mol. The van der Waals surface area contributed by atoms with E-state index in [-0.39, 0.29) is 5.97 Å². The van der Waals surface area contributed by atoms with Gasteiger partial charge < -0.3 is 4.74 Å². The van der Waals surface area contributed by atoms with Crippen molar-refractivity contribution < 1.29 is 9.53 Å². The van der Waals surface area contributed by atoms with Crippen LogP contribution in [0.4, 0.5) is 0 Å². The molecule has 15 heavy (non-hydrogen) atoms. The Balaban J connectivity index is 2.05. The number of esters is 1. The first-order chi connectivity index (χ1) is 7.25. The van der Waals surface area contributed by atoms with Crippen LogP contribution in [0.2, 0.25) is 0 Å². The van der Waals surface area contributed by atoms with Crippen LogP contribution in [0, 0.1) is 0 Å². The molecule has 0 saturated carbocycles. The number of carbonyl (C=O) groups is 1. The number of carbonyl (C=O) groups excluding carboxylic acids is 1. The summed E-state index contributed by atoms with van der Waals surface area (Å²) < 4.78 is 4.91. The van der Waals surface area contributed by atoms with Crippen LogP contribution in [0.15, 0.2) is 47.0 Å². The first kappa shape index (κ1) is 9.65. The smallest absolute Gasteiger partial charge is 0.340 e. The quantitative estimate of drug-likeness (QED) is 0.687. The Bertz CT molecular complexity index is 432. The molecule has 0 atom stereocenters. The lowest BCUT2D eigenvalue weighted by Crippen LogP contribution is -2.01. The average molecular weight is 201 g/mol. The van der Waals surface area contributed by atoms with Crippen molar-refractivity contribution >= 4 is 11.9 Å². The third-order valence-corrected chi connectivity index (χ3v) is 2.12. The fourth-order valence-corrected chi connectivity index (χ4v) is 1.28. The van der Waals surface area contributed by atoms with E-state index in [9.17, 15) is 4.79 Å². The van der Waals surface area contributed by atoms with Crippen molar-refractivity contribution in [3.63, 3.8) is 0 Å². The molecule has 2 rings (SSSR count). The van der Waals surface area contributed by atoms with E-state index in [1.165, 1.54) is 0 Å². The van der Waals surface area contributed by atoms with Gasteiger partial charge in [-0.2, -0.15) is 0 Å². The molecule has 0 N–H and O–H groups in total. The van der Waals surface area contributed by atoms with E-state index < -0.39 is 0 Å². The van der Waals surface area contributed by atoms with Crippen LogP contribution in [0.5, 0.6) is 0 Å². The number of nitrogens with zero attached hydrogens (tertiary/aromatic N) is 1. The van der Waals surface area contributed by atoms with E-state index in [1.54, 1.807) is 13.0 Å². The highest BCUT2D eigenvalue weighted by Gasteiger charge is 2.17. The van der Waals surface area contributed by atoms with Crippen LogP contribution >= 0.6 is 0 Å². The number of hydrogen-bond donors (Lipinski definition) is 0. The molecule has 1 aliphatic heterocycles. The Morgan fingerprint density at radius 2 is 2.00 bits per heavy atom. The largest absolute Gasteiger partial charge is 0.404 e. The summed E-state index contributed by atoms with van der Waals surface area (Å²) in [6.07, 6.45) is 1.66. The normalized spacial score (nSPS) is 17.8. The fourth-order valence-electron chi connectivity index (χ4n) is 1.28. The van der Waals surface area contributed by atoms with Crippen LogP contribution in [-0.4, -0.2) is 11.9 Å². The molecule has 0 aliphatic carbocycles. The van der Waals surface area contributed by atoms with E-state index in [1.807, 2.05) is 30.3 Å². The molecule has 1 aromatic carbocycles. The second kappa shape index (κ2) is 4.09. The Morgan fingerprint density at radius 1 is 1.27 bits per heavy atom. The zero-order valence-electron chi connectivity index (χ0n) is 8.43. The van der Waals surface area contributed by atoms with Gasteiger partial charge in [-0.05, 0) is 12.5 Å². The maximum Gasteiger partial charge on any atom is 0.340 e. The Labute approximate surface area is 88.1 Å². The number of ether oxygens (including phenoxy) is 1. The predicted octanol–water partition coefficient (Wildman–Crippen LogP) is 2.09. The highest BCUT2D eigenvalue weighted by molar-refractivity contribution is 6.10. The average Bonchev–Trinajstić information content (AvgIpc) is 2.57. The van der Waals surface area contributed by atoms with Crippen LogP contribution in [-0.2, 0) is 16.1 Å². The molecule has 0 spiro atoms. The first-order valence-electron chi connectivity index (χ1n) is 4.74. The molecule has 1 aromatic rings. The molecule has 1 heterocycles. The molecular formula is C12H11NO2. The summed E-state index contributed by atoms with van der Waals surface area (Å²) in [7, 11) is 0. The molecule has 0 fully saturated rings. The maximum absolute atomic E-state index is 11.0. The Kier molecular flexibility index (Phi) is 2.63. The lowest BCUT2D eigenvalue weighted by Gasteiger charge is -1.96. The molecule has 0 radical (unpaired) electrons. The van der Waals surface area contributed by atoms with Gasteiger partial charge in [0.15, 0.2) is 0 Å². The number of hydrogen-bond acceptors (Lipinski definition) is 3. The third-order valence-electron chi connectivity index (χ3n) is 2.12. The lowest BCUT2D eigenvalue weighted by molar-refractivity contribution is -0.130. The van der Waals surface area contributed by atoms with Gasteiger partial charge in [-0.3, -0.25) is 0 Å². The predicted molar refractivity (Wildman–Crippen MR) is 57.4 cm³/mol. The Hall–Kier alpha value is -1.90. The van der Waals surface area contributed by atoms with Crippen LogP contribution in [0.1, 0.15) is 12.5 Å². The molecule has 0 aromatic heterocycles. The molecule has 1 aliphatic rings. The molecule has 3 heteroatoms. The van der Waals surface area contributed by atoms with Gasteiger partial charge in [0.2, 0.25) is 5.90 Å². The van der Waals surface area contributed by atoms with Gasteiger partial charge in [-0.25, -0.2) is 9.79 Å². The summed E-state index contributed by atoms with van der Waals surface area (Å²) in [5.74, 6) is 0.100. The third kappa shape index (κ3) is 2.31. The van der Waals surface area contributed by atoms with Crippen molar-refractivity contribution in [1.82, 2.24) is 0 Å². The number of cyclic esters (lactones) is 1. The van der Waals surface area contributed by atoms with Crippen molar-refractivity contribution in [3.8, 4) is 0 Å². The SMILES string of the molecule is CC1=CC(=NCc2ccccc2)OC1=O. The lowest BCUT2D eigenvalue weighted by atomic mass is 10.2. The summed E-state index contributed by atoms with van der Waals surface area (Å²) in [4.78, 5) is 15.2. The minimum Gasteiger partial charge on any atom is -0.404 e. The van der Waals surface area contributed by atoms with Crippen LogP contribution in [0.25, 0.3) is 0 Å². The minimum absolute atomic E-state index is 0.304. The number of aliphatic imine (C=N–C) groups is 1. The standard InChI is InChI=1S/C12H11NO2/c1-9-7-11(15-12(9)14)13-8-10-5-3-2-4-6-10/h2-7H,8H2,1H3. The molecule has 76 valence electrons. The van der Waals surface area contributed by atoms with Crippen molar-refractivity contribution in [2.24, 2.45) is 4.99 Å². The van der Waals surface area contributed by atoms with Crippen LogP contribution in [0.3, 0.4) is 0 Å². The van der Waals surface area contributed by atoms with Gasteiger partial charge >= 0.3 is 5.97 Å². The number of benzene rings is 1. The zero-order valence-corrected chi connectivity index (χ0v) is 8.43. The highest BCUT2D eigenvalue weighted by Crippen LogP contribution is 2.09. The van der Waals surface area contributed by atoms with Gasteiger partial charge in [-0.1, -0.05) is 30.3 Å². The van der Waals surface area contributed by atoms with E-state index in [2.05, 4.69) is 4.99 Å². The van der Waals surface area contributed by atoms with Crippen molar-refractivity contribution in [3.05, 3.63) is 47.5 Å². The van der Waals surface area contributed by atoms with E-state index >= 15 is 0 Å². The molecule has 0 bridgehead atoms. The zero-order chi connectivity index (χ0) is 10.7. The van der Waals surface area contributed by atoms with E-state index in [0.717, 1.165) is 5.56 Å². The maximum atomic E-state index is 11.0. The second-order valence-electron chi connectivity index (χ2n) is 3.36. The topological polar surface area (TPSA) is 38.7 Å². The van der Waals surface area contributed by atoms with Crippen molar-refractivity contribution in [2.75, 3.05) is 0 Å². The molecule has 0 saturated heterocycles. The van der Waals surface area contributed by atoms with Gasteiger partial charge in [0.25, 0.3) is 0 Å². The summed E-state index contributed by atoms with van der Waals surface area (Å²) in [5.41, 5.74) is 1.70. The van der Waals surface area contributed by atoms with Crippen molar-refractivity contribution in [2.45, 2.75) is 13.5 Å². The second-order valence-corrected chi connectivity index (χ2v) is 3.36. The van der Waals surface area contributed by atoms with Crippen molar-refractivity contribution in [1.29, 1.82) is 0 Å². The van der Waals surface area contributed by atoms with Crippen LogP contribution < -0.4 is 0 Å². The molecule has 0 unspecified atom stereocenters. The summed E-state index contributed by atoms with van der Waals surface area (Å²) in [5, 5.41) is 0. The summed E-state index contributed by atoms with van der Waals surface area (Å²) in [6.45, 7) is 2.25. The molecule has 3 nitrogen and oxygen atoms in total. The van der Waals surface area contributed by atoms with Gasteiger partial charge in [0.05, 0.1) is 6.54 Å². The first-order valence-corrected chi connectivity index (χ1v) is 4.74. The minimum atomic E-state index is -0.304. The van der Waals surface area contributed by atoms with Gasteiger partial charge in [-0.15, -0.1) is 0 Å². The Morgan fingerprint density at radius 3 is 2.60 bits per heavy atom. The fraction of sp³-hybridized carbons (Fsp3) is 0.167. The summed E-state index contributed by atoms with van der Waals surface area (Å²) >= 11 is 0.